The predicted octanol–water partition coefficient (Wildman–Crippen LogP) is 3.93. The van der Waals surface area contributed by atoms with Crippen LogP contribution in [0.3, 0.4) is 0 Å². The maximum atomic E-state index is 3.55. The highest BCUT2D eigenvalue weighted by Gasteiger charge is 2.26. The first kappa shape index (κ1) is 14.4. The van der Waals surface area contributed by atoms with E-state index < -0.39 is 0 Å². The maximum Gasteiger partial charge on any atom is 0.0183 e. The Balaban J connectivity index is 2.38. The van der Waals surface area contributed by atoms with Crippen LogP contribution in [0.4, 0.5) is 0 Å². The van der Waals surface area contributed by atoms with Gasteiger partial charge in [0.25, 0.3) is 0 Å². The molecule has 3 unspecified atom stereocenters. The molecular formula is C14H29NS. The van der Waals surface area contributed by atoms with Crippen molar-refractivity contribution >= 4 is 11.8 Å². The van der Waals surface area contributed by atoms with Crippen LogP contribution in [0.1, 0.15) is 52.9 Å². The molecule has 1 aliphatic rings. The lowest BCUT2D eigenvalue weighted by atomic mass is 9.77. The average molecular weight is 243 g/mol. The van der Waals surface area contributed by atoms with Crippen LogP contribution >= 0.6 is 11.8 Å². The first-order valence-electron chi connectivity index (χ1n) is 6.96. The third-order valence-corrected chi connectivity index (χ3v) is 5.17. The first-order chi connectivity index (χ1) is 7.67. The molecule has 1 nitrogen and oxygen atoms in total. The second kappa shape index (κ2) is 7.60. The molecule has 0 saturated heterocycles. The van der Waals surface area contributed by atoms with E-state index in [4.69, 9.17) is 0 Å². The van der Waals surface area contributed by atoms with Crippen LogP contribution in [0.25, 0.3) is 0 Å². The Bertz CT molecular complexity index is 182. The summed E-state index contributed by atoms with van der Waals surface area (Å²) in [6, 6.07) is 0.738. The lowest BCUT2D eigenvalue weighted by molar-refractivity contribution is 0.223. The van der Waals surface area contributed by atoms with Gasteiger partial charge >= 0.3 is 0 Å². The lowest BCUT2D eigenvalue weighted by Crippen LogP contribution is -2.38. The van der Waals surface area contributed by atoms with Crippen LogP contribution in [-0.2, 0) is 0 Å². The quantitative estimate of drug-likeness (QED) is 0.758. The van der Waals surface area contributed by atoms with E-state index in [0.717, 1.165) is 23.1 Å². The molecule has 3 atom stereocenters. The summed E-state index contributed by atoms with van der Waals surface area (Å²) in [4.78, 5) is 0. The van der Waals surface area contributed by atoms with Crippen molar-refractivity contribution in [2.24, 2.45) is 11.8 Å². The van der Waals surface area contributed by atoms with Crippen LogP contribution in [0.5, 0.6) is 0 Å². The van der Waals surface area contributed by atoms with E-state index in [1.807, 2.05) is 0 Å². The van der Waals surface area contributed by atoms with Crippen molar-refractivity contribution in [1.82, 2.24) is 5.32 Å². The van der Waals surface area contributed by atoms with Crippen LogP contribution in [0.15, 0.2) is 0 Å². The van der Waals surface area contributed by atoms with E-state index in [9.17, 15) is 0 Å². The minimum atomic E-state index is 0.738. The second-order valence-electron chi connectivity index (χ2n) is 5.48. The van der Waals surface area contributed by atoms with Gasteiger partial charge in [0.15, 0.2) is 0 Å². The molecule has 0 amide bonds. The Kier molecular flexibility index (Phi) is 6.83. The predicted molar refractivity (Wildman–Crippen MR) is 76.2 cm³/mol. The fraction of sp³-hybridized carbons (Fsp3) is 1.00. The Labute approximate surface area is 106 Å². The largest absolute Gasteiger partial charge is 0.316 e. The number of nitrogens with one attached hydrogen (secondary N) is 1. The fourth-order valence-corrected chi connectivity index (χ4v) is 3.85. The van der Waals surface area contributed by atoms with Crippen LogP contribution in [0, 0.1) is 11.8 Å². The highest BCUT2D eigenvalue weighted by Crippen LogP contribution is 2.33. The number of rotatable bonds is 6. The summed E-state index contributed by atoms with van der Waals surface area (Å²) in [7, 11) is 2.14. The summed E-state index contributed by atoms with van der Waals surface area (Å²) in [5, 5.41) is 4.32. The molecule has 1 fully saturated rings. The Hall–Kier alpha value is 0.310. The highest BCUT2D eigenvalue weighted by atomic mass is 32.2. The van der Waals surface area contributed by atoms with E-state index in [1.165, 1.54) is 37.9 Å². The van der Waals surface area contributed by atoms with E-state index in [1.54, 1.807) is 0 Å². The summed E-state index contributed by atoms with van der Waals surface area (Å²) in [6.07, 6.45) is 7.21. The van der Waals surface area contributed by atoms with Gasteiger partial charge in [0, 0.05) is 11.8 Å². The minimum absolute atomic E-state index is 0.738. The van der Waals surface area contributed by atoms with Gasteiger partial charge in [-0.05, 0) is 37.0 Å². The first-order valence-corrected chi connectivity index (χ1v) is 8.01. The molecule has 0 radical (unpaired) electrons. The standard InChI is InChI=1S/C14H29NS/c1-5-12-7-6-8-13(9-12)14(15-4)10-16-11(2)3/h11-15H,5-10H2,1-4H3. The van der Waals surface area contributed by atoms with Crippen molar-refractivity contribution in [3.63, 3.8) is 0 Å². The fourth-order valence-electron chi connectivity index (χ4n) is 2.82. The zero-order chi connectivity index (χ0) is 12.0. The molecule has 1 saturated carbocycles. The zero-order valence-corrected chi connectivity index (χ0v) is 12.3. The minimum Gasteiger partial charge on any atom is -0.316 e. The smallest absolute Gasteiger partial charge is 0.0183 e. The normalized spacial score (nSPS) is 28.3. The SMILES string of the molecule is CCC1CCCC(C(CSC(C)C)NC)C1. The van der Waals surface area contributed by atoms with Crippen molar-refractivity contribution in [3.8, 4) is 0 Å². The van der Waals surface area contributed by atoms with Gasteiger partial charge in [-0.25, -0.2) is 0 Å². The topological polar surface area (TPSA) is 12.0 Å². The molecule has 2 heteroatoms. The summed E-state index contributed by atoms with van der Waals surface area (Å²) >= 11 is 2.10. The third-order valence-electron chi connectivity index (χ3n) is 3.95. The van der Waals surface area contributed by atoms with E-state index in [2.05, 4.69) is 44.9 Å². The van der Waals surface area contributed by atoms with Crippen molar-refractivity contribution < 1.29 is 0 Å². The van der Waals surface area contributed by atoms with Crippen LogP contribution < -0.4 is 5.32 Å². The number of hydrogen-bond donors (Lipinski definition) is 1. The molecule has 0 aliphatic heterocycles. The molecule has 1 rings (SSSR count). The molecule has 0 aromatic heterocycles. The molecular weight excluding hydrogens is 214 g/mol. The Morgan fingerprint density at radius 1 is 1.31 bits per heavy atom. The molecule has 0 aromatic carbocycles. The number of hydrogen-bond acceptors (Lipinski definition) is 2. The molecule has 0 heterocycles. The average Bonchev–Trinajstić information content (AvgIpc) is 2.30. The third kappa shape index (κ3) is 4.67. The molecule has 96 valence electrons. The van der Waals surface area contributed by atoms with Gasteiger partial charge in [-0.15, -0.1) is 0 Å². The van der Waals surface area contributed by atoms with Gasteiger partial charge in [-0.1, -0.05) is 40.0 Å². The van der Waals surface area contributed by atoms with E-state index >= 15 is 0 Å². The van der Waals surface area contributed by atoms with Gasteiger partial charge in [-0.2, -0.15) is 11.8 Å². The Morgan fingerprint density at radius 3 is 2.62 bits per heavy atom. The van der Waals surface area contributed by atoms with E-state index in [0.29, 0.717) is 0 Å². The summed E-state index contributed by atoms with van der Waals surface area (Å²) in [6.45, 7) is 6.95. The van der Waals surface area contributed by atoms with Crippen molar-refractivity contribution in [2.45, 2.75) is 64.2 Å². The summed E-state index contributed by atoms with van der Waals surface area (Å²) in [5.74, 6) is 3.21. The molecule has 0 bridgehead atoms. The van der Waals surface area contributed by atoms with Gasteiger partial charge in [0.1, 0.15) is 0 Å². The van der Waals surface area contributed by atoms with Gasteiger partial charge in [0.2, 0.25) is 0 Å². The molecule has 1 aliphatic carbocycles. The van der Waals surface area contributed by atoms with Gasteiger partial charge in [0.05, 0.1) is 0 Å². The molecule has 16 heavy (non-hydrogen) atoms. The van der Waals surface area contributed by atoms with Gasteiger partial charge < -0.3 is 5.32 Å². The molecule has 0 aromatic rings. The molecule has 0 spiro atoms. The zero-order valence-electron chi connectivity index (χ0n) is 11.5. The molecule has 1 N–H and O–H groups in total. The summed E-state index contributed by atoms with van der Waals surface area (Å²) in [5.41, 5.74) is 0. The summed E-state index contributed by atoms with van der Waals surface area (Å²) < 4.78 is 0. The van der Waals surface area contributed by atoms with Crippen molar-refractivity contribution in [3.05, 3.63) is 0 Å². The lowest BCUT2D eigenvalue weighted by Gasteiger charge is -2.34. The van der Waals surface area contributed by atoms with Crippen molar-refractivity contribution in [1.29, 1.82) is 0 Å². The Morgan fingerprint density at radius 2 is 2.06 bits per heavy atom. The highest BCUT2D eigenvalue weighted by molar-refractivity contribution is 7.99. The van der Waals surface area contributed by atoms with Crippen LogP contribution in [-0.4, -0.2) is 24.1 Å². The van der Waals surface area contributed by atoms with Crippen LogP contribution in [0.2, 0.25) is 0 Å². The van der Waals surface area contributed by atoms with Crippen molar-refractivity contribution in [2.75, 3.05) is 12.8 Å². The second-order valence-corrected chi connectivity index (χ2v) is 7.09. The van der Waals surface area contributed by atoms with E-state index in [-0.39, 0.29) is 0 Å². The van der Waals surface area contributed by atoms with Gasteiger partial charge in [-0.3, -0.25) is 0 Å². The monoisotopic (exact) mass is 243 g/mol. The maximum absolute atomic E-state index is 3.55. The number of thioether (sulfide) groups is 1.